The van der Waals surface area contributed by atoms with Gasteiger partial charge in [-0.15, -0.1) is 0 Å². The summed E-state index contributed by atoms with van der Waals surface area (Å²) in [6.07, 6.45) is 1.64. The molecule has 3 rings (SSSR count). The van der Waals surface area contributed by atoms with Crippen molar-refractivity contribution in [2.45, 2.75) is 6.42 Å². The highest BCUT2D eigenvalue weighted by Crippen LogP contribution is 2.40. The fourth-order valence-corrected chi connectivity index (χ4v) is 3.12. The first kappa shape index (κ1) is 23.1. The van der Waals surface area contributed by atoms with Crippen LogP contribution in [0.2, 0.25) is 0 Å². The van der Waals surface area contributed by atoms with Crippen molar-refractivity contribution in [1.82, 2.24) is 9.97 Å². The SMILES string of the molecule is COC(=O)Cc1ccccc1Oc1nc(Nc2cc(OC)c(OC)c(OC)c2)ncc1Br. The van der Waals surface area contributed by atoms with Crippen LogP contribution in [-0.2, 0) is 16.0 Å². The highest BCUT2D eigenvalue weighted by atomic mass is 79.9. The average molecular weight is 504 g/mol. The minimum Gasteiger partial charge on any atom is -0.493 e. The molecule has 1 N–H and O–H groups in total. The average Bonchev–Trinajstić information content (AvgIpc) is 2.81. The number of nitrogens with one attached hydrogen (secondary N) is 1. The zero-order chi connectivity index (χ0) is 23.1. The number of halogens is 1. The number of aromatic nitrogens is 2. The fraction of sp³-hybridized carbons (Fsp3) is 0.227. The number of methoxy groups -OCH3 is 4. The minimum atomic E-state index is -0.368. The Bertz CT molecular complexity index is 1080. The molecule has 0 bridgehead atoms. The Balaban J connectivity index is 1.89. The Kier molecular flexibility index (Phi) is 7.72. The summed E-state index contributed by atoms with van der Waals surface area (Å²) in [7, 11) is 5.95. The van der Waals surface area contributed by atoms with E-state index in [1.165, 1.54) is 28.4 Å². The molecule has 3 aromatic rings. The number of hydrogen-bond acceptors (Lipinski definition) is 9. The van der Waals surface area contributed by atoms with Gasteiger partial charge in [0.15, 0.2) is 11.5 Å². The van der Waals surface area contributed by atoms with E-state index in [2.05, 4.69) is 31.2 Å². The summed E-state index contributed by atoms with van der Waals surface area (Å²) >= 11 is 3.40. The van der Waals surface area contributed by atoms with Crippen molar-refractivity contribution in [3.8, 4) is 28.9 Å². The summed E-state index contributed by atoms with van der Waals surface area (Å²) in [5, 5.41) is 3.10. The molecule has 0 saturated carbocycles. The van der Waals surface area contributed by atoms with Crippen LogP contribution in [0, 0.1) is 0 Å². The zero-order valence-corrected chi connectivity index (χ0v) is 19.6. The largest absolute Gasteiger partial charge is 0.493 e. The number of nitrogens with zero attached hydrogens (tertiary/aromatic N) is 2. The smallest absolute Gasteiger partial charge is 0.310 e. The molecule has 0 fully saturated rings. The maximum atomic E-state index is 11.7. The zero-order valence-electron chi connectivity index (χ0n) is 18.0. The summed E-state index contributed by atoms with van der Waals surface area (Å²) in [6, 6.07) is 10.6. The summed E-state index contributed by atoms with van der Waals surface area (Å²) in [6.45, 7) is 0. The van der Waals surface area contributed by atoms with Crippen LogP contribution < -0.4 is 24.3 Å². The Morgan fingerprint density at radius 3 is 2.31 bits per heavy atom. The number of ether oxygens (including phenoxy) is 5. The van der Waals surface area contributed by atoms with Gasteiger partial charge in [-0.25, -0.2) is 4.98 Å². The molecule has 0 unspecified atom stereocenters. The van der Waals surface area contributed by atoms with E-state index in [4.69, 9.17) is 23.7 Å². The summed E-state index contributed by atoms with van der Waals surface area (Å²) in [5.74, 6) is 2.11. The first-order valence-electron chi connectivity index (χ1n) is 9.41. The lowest BCUT2D eigenvalue weighted by molar-refractivity contribution is -0.139. The number of esters is 1. The van der Waals surface area contributed by atoms with Gasteiger partial charge < -0.3 is 29.0 Å². The number of carbonyl (C=O) groups excluding carboxylic acids is 1. The predicted molar refractivity (Wildman–Crippen MR) is 121 cm³/mol. The number of hydrogen-bond donors (Lipinski definition) is 1. The normalized spacial score (nSPS) is 10.3. The second-order valence-corrected chi connectivity index (χ2v) is 7.20. The highest BCUT2D eigenvalue weighted by molar-refractivity contribution is 9.10. The van der Waals surface area contributed by atoms with Crippen LogP contribution in [0.4, 0.5) is 11.6 Å². The number of carbonyl (C=O) groups is 1. The van der Waals surface area contributed by atoms with Gasteiger partial charge in [-0.05, 0) is 22.0 Å². The van der Waals surface area contributed by atoms with E-state index in [0.29, 0.717) is 38.7 Å². The molecule has 0 aliphatic heterocycles. The minimum absolute atomic E-state index is 0.0753. The molecule has 0 spiro atoms. The van der Waals surface area contributed by atoms with E-state index in [1.807, 2.05) is 6.07 Å². The monoisotopic (exact) mass is 503 g/mol. The third-order valence-electron chi connectivity index (χ3n) is 4.37. The lowest BCUT2D eigenvalue weighted by Crippen LogP contribution is -2.06. The quantitative estimate of drug-likeness (QED) is 0.422. The van der Waals surface area contributed by atoms with E-state index in [0.717, 1.165) is 0 Å². The van der Waals surface area contributed by atoms with Crippen molar-refractivity contribution in [3.63, 3.8) is 0 Å². The van der Waals surface area contributed by atoms with Crippen LogP contribution in [0.15, 0.2) is 47.1 Å². The van der Waals surface area contributed by atoms with Crippen molar-refractivity contribution >= 4 is 33.5 Å². The summed E-state index contributed by atoms with van der Waals surface area (Å²) in [5.41, 5.74) is 1.29. The topological polar surface area (TPSA) is 101 Å². The van der Waals surface area contributed by atoms with Crippen molar-refractivity contribution in [2.24, 2.45) is 0 Å². The van der Waals surface area contributed by atoms with Gasteiger partial charge in [0.25, 0.3) is 0 Å². The van der Waals surface area contributed by atoms with Gasteiger partial charge in [-0.3, -0.25) is 4.79 Å². The second kappa shape index (κ2) is 10.7. The molecule has 0 atom stereocenters. The lowest BCUT2D eigenvalue weighted by Gasteiger charge is -2.15. The van der Waals surface area contributed by atoms with E-state index >= 15 is 0 Å². The van der Waals surface area contributed by atoms with Crippen LogP contribution in [0.3, 0.4) is 0 Å². The molecule has 168 valence electrons. The van der Waals surface area contributed by atoms with Gasteiger partial charge >= 0.3 is 5.97 Å². The van der Waals surface area contributed by atoms with Gasteiger partial charge in [0.2, 0.25) is 17.6 Å². The van der Waals surface area contributed by atoms with Crippen LogP contribution in [0.5, 0.6) is 28.9 Å². The molecular formula is C22H22BrN3O6. The molecule has 10 heteroatoms. The molecule has 9 nitrogen and oxygen atoms in total. The van der Waals surface area contributed by atoms with E-state index in [-0.39, 0.29) is 24.2 Å². The molecule has 0 aliphatic rings. The summed E-state index contributed by atoms with van der Waals surface area (Å²) in [4.78, 5) is 20.4. The molecule has 0 amide bonds. The van der Waals surface area contributed by atoms with Crippen LogP contribution in [-0.4, -0.2) is 44.4 Å². The Morgan fingerprint density at radius 2 is 1.69 bits per heavy atom. The fourth-order valence-electron chi connectivity index (χ4n) is 2.85. The predicted octanol–water partition coefficient (Wildman–Crippen LogP) is 4.52. The highest BCUT2D eigenvalue weighted by Gasteiger charge is 2.16. The number of para-hydroxylation sites is 1. The van der Waals surface area contributed by atoms with E-state index < -0.39 is 0 Å². The maximum absolute atomic E-state index is 11.7. The van der Waals surface area contributed by atoms with Gasteiger partial charge in [0.1, 0.15) is 5.75 Å². The lowest BCUT2D eigenvalue weighted by atomic mass is 10.1. The second-order valence-electron chi connectivity index (χ2n) is 6.35. The van der Waals surface area contributed by atoms with Crippen molar-refractivity contribution in [3.05, 3.63) is 52.6 Å². The van der Waals surface area contributed by atoms with Crippen molar-refractivity contribution < 1.29 is 28.5 Å². The van der Waals surface area contributed by atoms with E-state index in [9.17, 15) is 4.79 Å². The molecule has 1 aromatic heterocycles. The van der Waals surface area contributed by atoms with Crippen LogP contribution >= 0.6 is 15.9 Å². The molecular weight excluding hydrogens is 482 g/mol. The van der Waals surface area contributed by atoms with Gasteiger partial charge in [0.05, 0.1) is 45.5 Å². The number of benzene rings is 2. The Hall–Kier alpha value is -3.53. The maximum Gasteiger partial charge on any atom is 0.310 e. The molecule has 0 radical (unpaired) electrons. The standard InChI is InChI=1S/C22H22BrN3O6/c1-28-17-10-14(11-18(29-2)20(17)31-4)25-22-24-12-15(23)21(26-22)32-16-8-6-5-7-13(16)9-19(27)30-3/h5-8,10-12H,9H2,1-4H3,(H,24,25,26). The van der Waals surface area contributed by atoms with Gasteiger partial charge in [-0.2, -0.15) is 4.98 Å². The third kappa shape index (κ3) is 5.38. The molecule has 1 heterocycles. The van der Waals surface area contributed by atoms with Gasteiger partial charge in [0, 0.05) is 23.4 Å². The Labute approximate surface area is 193 Å². The first-order chi connectivity index (χ1) is 15.5. The van der Waals surface area contributed by atoms with Crippen molar-refractivity contribution in [1.29, 1.82) is 0 Å². The van der Waals surface area contributed by atoms with Gasteiger partial charge in [-0.1, -0.05) is 18.2 Å². The first-order valence-corrected chi connectivity index (χ1v) is 10.2. The molecule has 32 heavy (non-hydrogen) atoms. The number of rotatable bonds is 9. The molecule has 0 aliphatic carbocycles. The van der Waals surface area contributed by atoms with Crippen LogP contribution in [0.1, 0.15) is 5.56 Å². The van der Waals surface area contributed by atoms with Crippen LogP contribution in [0.25, 0.3) is 0 Å². The third-order valence-corrected chi connectivity index (χ3v) is 4.92. The molecule has 2 aromatic carbocycles. The molecule has 0 saturated heterocycles. The van der Waals surface area contributed by atoms with Crippen molar-refractivity contribution in [2.75, 3.05) is 33.8 Å². The van der Waals surface area contributed by atoms with E-state index in [1.54, 1.807) is 36.5 Å². The Morgan fingerprint density at radius 1 is 1.00 bits per heavy atom. The number of anilines is 2. The summed E-state index contributed by atoms with van der Waals surface area (Å²) < 4.78 is 27.4.